The molecule has 0 spiro atoms. The van der Waals surface area contributed by atoms with Gasteiger partial charge in [0.15, 0.2) is 0 Å². The minimum atomic E-state index is -0.589. The number of aryl methyl sites for hydroxylation is 2. The number of rotatable bonds is 4. The van der Waals surface area contributed by atoms with Crippen LogP contribution in [0.15, 0.2) is 15.3 Å². The second-order valence-corrected chi connectivity index (χ2v) is 7.11. The molecule has 6 nitrogen and oxygen atoms in total. The number of esters is 1. The topological polar surface area (TPSA) is 84.0 Å². The Hall–Kier alpha value is -2.34. The molecule has 140 valence electrons. The number of fused-ring (bicyclic) bond motifs is 1. The van der Waals surface area contributed by atoms with Crippen LogP contribution in [0.3, 0.4) is 0 Å². The maximum atomic E-state index is 13.2. The van der Waals surface area contributed by atoms with Crippen LogP contribution in [0, 0.1) is 13.8 Å². The van der Waals surface area contributed by atoms with Gasteiger partial charge in [-0.1, -0.05) is 5.75 Å². The van der Waals surface area contributed by atoms with E-state index in [1.165, 1.54) is 31.3 Å². The number of benzene rings is 1. The molecule has 0 bridgehead atoms. The highest BCUT2D eigenvalue weighted by molar-refractivity contribution is 5.90. The summed E-state index contributed by atoms with van der Waals surface area (Å²) in [6.07, 6.45) is 3.44. The van der Waals surface area contributed by atoms with Gasteiger partial charge in [-0.2, -0.15) is 0 Å². The highest BCUT2D eigenvalue weighted by Crippen LogP contribution is 2.32. The Morgan fingerprint density at radius 3 is 2.58 bits per heavy atom. The van der Waals surface area contributed by atoms with Crippen LogP contribution >= 0.6 is 0 Å². The van der Waals surface area contributed by atoms with Crippen molar-refractivity contribution in [1.82, 2.24) is 0 Å². The number of quaternary nitrogens is 1. The van der Waals surface area contributed by atoms with E-state index in [4.69, 9.17) is 4.42 Å². The minimum absolute atomic E-state index is 0.0922. The van der Waals surface area contributed by atoms with Gasteiger partial charge in [0.2, 0.25) is 0 Å². The summed E-state index contributed by atoms with van der Waals surface area (Å²) >= 11 is 0. The van der Waals surface area contributed by atoms with Gasteiger partial charge in [0.25, 0.3) is 0 Å². The predicted octanol–water partition coefficient (Wildman–Crippen LogP) is 0.768. The molecule has 1 fully saturated rings. The Kier molecular flexibility index (Phi) is 5.32. The fourth-order valence-corrected chi connectivity index (χ4v) is 3.82. The maximum absolute atomic E-state index is 13.2. The summed E-state index contributed by atoms with van der Waals surface area (Å²) in [6.45, 7) is 6.43. The molecule has 1 aromatic heterocycles. The highest BCUT2D eigenvalue weighted by atomic mass is 16.5. The van der Waals surface area contributed by atoms with E-state index in [9.17, 15) is 14.7 Å². The lowest BCUT2D eigenvalue weighted by Crippen LogP contribution is -3.11. The number of nitrogens with one attached hydrogen (secondary N) is 1. The second-order valence-electron chi connectivity index (χ2n) is 7.11. The molecular weight excluding hydrogens is 334 g/mol. The molecule has 1 N–H and O–H groups in total. The van der Waals surface area contributed by atoms with E-state index in [-0.39, 0.29) is 17.7 Å². The van der Waals surface area contributed by atoms with Gasteiger partial charge in [-0.25, -0.2) is 4.79 Å². The van der Waals surface area contributed by atoms with Crippen LogP contribution in [-0.2, 0) is 22.5 Å². The summed E-state index contributed by atoms with van der Waals surface area (Å²) in [5, 5.41) is 13.6. The molecule has 2 aromatic rings. The summed E-state index contributed by atoms with van der Waals surface area (Å²) in [7, 11) is 1.27. The normalized spacial score (nSPS) is 15.3. The van der Waals surface area contributed by atoms with E-state index in [0.717, 1.165) is 24.2 Å². The summed E-state index contributed by atoms with van der Waals surface area (Å²) in [5.74, 6) is -0.622. The van der Waals surface area contributed by atoms with E-state index < -0.39 is 11.6 Å². The van der Waals surface area contributed by atoms with Crippen molar-refractivity contribution in [3.63, 3.8) is 0 Å². The molecule has 2 heterocycles. The zero-order valence-electron chi connectivity index (χ0n) is 15.6. The average Bonchev–Trinajstić information content (AvgIpc) is 2.62. The van der Waals surface area contributed by atoms with Gasteiger partial charge >= 0.3 is 11.6 Å². The summed E-state index contributed by atoms with van der Waals surface area (Å²) in [4.78, 5) is 25.3. The number of methoxy groups -OCH3 is 1. The summed E-state index contributed by atoms with van der Waals surface area (Å²) < 4.78 is 10.0. The molecule has 0 aliphatic carbocycles. The molecule has 0 radical (unpaired) electrons. The van der Waals surface area contributed by atoms with Crippen LogP contribution in [0.4, 0.5) is 0 Å². The highest BCUT2D eigenvalue weighted by Gasteiger charge is 2.20. The molecule has 0 amide bonds. The molecule has 26 heavy (non-hydrogen) atoms. The lowest BCUT2D eigenvalue weighted by molar-refractivity contribution is -0.918. The van der Waals surface area contributed by atoms with E-state index in [2.05, 4.69) is 4.74 Å². The van der Waals surface area contributed by atoms with Crippen molar-refractivity contribution in [1.29, 1.82) is 0 Å². The van der Waals surface area contributed by atoms with Crippen LogP contribution < -0.4 is 15.6 Å². The average molecular weight is 359 g/mol. The van der Waals surface area contributed by atoms with Gasteiger partial charge < -0.3 is 19.2 Å². The summed E-state index contributed by atoms with van der Waals surface area (Å²) in [6, 6.07) is 1.77. The maximum Gasteiger partial charge on any atom is 0.340 e. The molecule has 0 atom stereocenters. The first-order valence-corrected chi connectivity index (χ1v) is 9.08. The lowest BCUT2D eigenvalue weighted by Gasteiger charge is -2.27. The number of hydrogen-bond donors (Lipinski definition) is 1. The van der Waals surface area contributed by atoms with Gasteiger partial charge in [0, 0.05) is 10.9 Å². The van der Waals surface area contributed by atoms with Crippen molar-refractivity contribution >= 4 is 16.9 Å². The smallest absolute Gasteiger partial charge is 0.340 e. The fraction of sp³-hybridized carbons (Fsp3) is 0.500. The van der Waals surface area contributed by atoms with Crippen LogP contribution in [0.25, 0.3) is 11.0 Å². The Bertz CT molecular complexity index is 893. The van der Waals surface area contributed by atoms with E-state index >= 15 is 0 Å². The first-order valence-electron chi connectivity index (χ1n) is 9.08. The minimum Gasteiger partial charge on any atom is -0.872 e. The van der Waals surface area contributed by atoms with Crippen molar-refractivity contribution in [3.05, 3.63) is 38.7 Å². The lowest BCUT2D eigenvalue weighted by atomic mass is 9.97. The zero-order chi connectivity index (χ0) is 18.8. The van der Waals surface area contributed by atoms with Crippen LogP contribution in [0.5, 0.6) is 5.75 Å². The predicted molar refractivity (Wildman–Crippen MR) is 95.4 cm³/mol. The Morgan fingerprint density at radius 2 is 1.92 bits per heavy atom. The number of carbonyl (C=O) groups is 1. The monoisotopic (exact) mass is 359 g/mol. The fourth-order valence-electron chi connectivity index (χ4n) is 3.82. The van der Waals surface area contributed by atoms with Crippen LogP contribution in [-0.4, -0.2) is 26.2 Å². The summed E-state index contributed by atoms with van der Waals surface area (Å²) in [5.41, 5.74) is 2.04. The number of piperidine rings is 1. The van der Waals surface area contributed by atoms with Crippen molar-refractivity contribution in [2.24, 2.45) is 0 Å². The van der Waals surface area contributed by atoms with Gasteiger partial charge in [-0.05, 0) is 50.3 Å². The number of hydrogen-bond acceptors (Lipinski definition) is 5. The number of likely N-dealkylation sites (tertiary alicyclic amines) is 1. The standard InChI is InChI=1S/C20H25NO5/c1-12-9-16-18(13(2)14(20(24)26-16)10-17(22)25-3)19(23)15(12)11-21-7-5-4-6-8-21/h9,23H,4-8,10-11H2,1-3H3. The molecule has 1 aromatic carbocycles. The number of ether oxygens (including phenoxy) is 1. The van der Waals surface area contributed by atoms with Crippen molar-refractivity contribution in [3.8, 4) is 5.75 Å². The van der Waals surface area contributed by atoms with Crippen LogP contribution in [0.1, 0.15) is 41.5 Å². The van der Waals surface area contributed by atoms with Crippen molar-refractivity contribution < 1.29 is 24.0 Å². The van der Waals surface area contributed by atoms with Crippen molar-refractivity contribution in [2.75, 3.05) is 20.2 Å². The van der Waals surface area contributed by atoms with Crippen molar-refractivity contribution in [2.45, 2.75) is 46.1 Å². The van der Waals surface area contributed by atoms with E-state index in [0.29, 0.717) is 23.1 Å². The van der Waals surface area contributed by atoms with E-state index in [1.807, 2.05) is 6.92 Å². The zero-order valence-corrected chi connectivity index (χ0v) is 15.6. The molecule has 6 heteroatoms. The Morgan fingerprint density at radius 1 is 1.23 bits per heavy atom. The molecule has 3 rings (SSSR count). The van der Waals surface area contributed by atoms with E-state index in [1.54, 1.807) is 13.0 Å². The molecule has 0 saturated carbocycles. The molecule has 1 aliphatic rings. The van der Waals surface area contributed by atoms with Gasteiger partial charge in [-0.3, -0.25) is 4.79 Å². The largest absolute Gasteiger partial charge is 0.872 e. The third-order valence-electron chi connectivity index (χ3n) is 5.38. The molecule has 0 unspecified atom stereocenters. The SMILES string of the molecule is COC(=O)Cc1c(C)c2c([O-])c(C[NH+]3CCCCC3)c(C)cc2oc1=O. The van der Waals surface area contributed by atoms with Gasteiger partial charge in [0.1, 0.15) is 12.1 Å². The molecule has 1 aliphatic heterocycles. The third kappa shape index (κ3) is 3.46. The Balaban J connectivity index is 2.10. The molecular formula is C20H25NO5. The molecule has 1 saturated heterocycles. The van der Waals surface area contributed by atoms with Gasteiger partial charge in [-0.15, -0.1) is 0 Å². The quantitative estimate of drug-likeness (QED) is 0.644. The second kappa shape index (κ2) is 7.50. The Labute approximate surface area is 152 Å². The number of carbonyl (C=O) groups excluding carboxylic acids is 1. The third-order valence-corrected chi connectivity index (χ3v) is 5.38. The van der Waals surface area contributed by atoms with Crippen LogP contribution in [0.2, 0.25) is 0 Å². The van der Waals surface area contributed by atoms with Gasteiger partial charge in [0.05, 0.1) is 32.2 Å². The first-order chi connectivity index (χ1) is 12.4. The first kappa shape index (κ1) is 18.5.